The number of hydrogen-bond acceptors (Lipinski definition) is 3. The van der Waals surface area contributed by atoms with Gasteiger partial charge in [-0.25, -0.2) is 13.1 Å². The Morgan fingerprint density at radius 1 is 1.16 bits per heavy atom. The van der Waals surface area contributed by atoms with E-state index in [1.165, 1.54) is 24.3 Å². The summed E-state index contributed by atoms with van der Waals surface area (Å²) in [4.78, 5) is 11.3. The van der Waals surface area contributed by atoms with Crippen LogP contribution in [0.1, 0.15) is 29.7 Å². The fraction of sp³-hybridized carbons (Fsp3) is 0.278. The van der Waals surface area contributed by atoms with Gasteiger partial charge < -0.3 is 5.11 Å². The summed E-state index contributed by atoms with van der Waals surface area (Å²) in [5, 5.41) is 9.63. The van der Waals surface area contributed by atoms with Gasteiger partial charge >= 0.3 is 5.97 Å². The minimum Gasteiger partial charge on any atom is -0.481 e. The zero-order chi connectivity index (χ0) is 18.2. The molecule has 0 heterocycles. The van der Waals surface area contributed by atoms with Crippen LogP contribution in [0.25, 0.3) is 0 Å². The van der Waals surface area contributed by atoms with Crippen LogP contribution in [0.15, 0.2) is 47.4 Å². The largest absolute Gasteiger partial charge is 0.481 e. The summed E-state index contributed by atoms with van der Waals surface area (Å²) in [5.41, 5.74) is 2.80. The summed E-state index contributed by atoms with van der Waals surface area (Å²) >= 11 is 5.79. The van der Waals surface area contributed by atoms with Crippen LogP contribution >= 0.6 is 11.6 Å². The average Bonchev–Trinajstić information content (AvgIpc) is 2.98. The Hall–Kier alpha value is -1.89. The van der Waals surface area contributed by atoms with Crippen molar-refractivity contribution in [2.45, 2.75) is 30.7 Å². The molecular weight excluding hydrogens is 362 g/mol. The van der Waals surface area contributed by atoms with Crippen molar-refractivity contribution in [3.05, 3.63) is 64.2 Å². The number of halogens is 1. The van der Waals surface area contributed by atoms with Crippen molar-refractivity contribution in [2.75, 3.05) is 0 Å². The minimum atomic E-state index is -3.67. The Bertz CT molecular complexity index is 909. The summed E-state index contributed by atoms with van der Waals surface area (Å²) in [7, 11) is -3.67. The molecule has 0 saturated carbocycles. The van der Waals surface area contributed by atoms with E-state index in [-0.39, 0.29) is 4.90 Å². The van der Waals surface area contributed by atoms with Crippen LogP contribution in [0.4, 0.5) is 0 Å². The van der Waals surface area contributed by atoms with Crippen molar-refractivity contribution in [3.63, 3.8) is 0 Å². The number of fused-ring (bicyclic) bond motifs is 1. The molecule has 1 aliphatic rings. The third kappa shape index (κ3) is 3.86. The quantitative estimate of drug-likeness (QED) is 0.835. The Morgan fingerprint density at radius 2 is 1.80 bits per heavy atom. The summed E-state index contributed by atoms with van der Waals surface area (Å²) in [6, 6.07) is 11.2. The van der Waals surface area contributed by atoms with E-state index in [9.17, 15) is 13.2 Å². The highest BCUT2D eigenvalue weighted by atomic mass is 35.5. The number of aliphatic carboxylic acids is 1. The van der Waals surface area contributed by atoms with Crippen molar-refractivity contribution < 1.29 is 18.3 Å². The normalized spacial score (nSPS) is 17.9. The van der Waals surface area contributed by atoms with Crippen LogP contribution in [0.3, 0.4) is 0 Å². The first kappa shape index (κ1) is 17.9. The topological polar surface area (TPSA) is 83.5 Å². The predicted molar refractivity (Wildman–Crippen MR) is 95.2 cm³/mol. The number of carboxylic acids is 1. The Morgan fingerprint density at radius 3 is 2.44 bits per heavy atom. The van der Waals surface area contributed by atoms with Crippen molar-refractivity contribution in [3.8, 4) is 0 Å². The van der Waals surface area contributed by atoms with Crippen LogP contribution in [0, 0.1) is 5.92 Å². The molecule has 2 aromatic carbocycles. The van der Waals surface area contributed by atoms with E-state index in [4.69, 9.17) is 16.7 Å². The summed E-state index contributed by atoms with van der Waals surface area (Å²) in [6.07, 6.45) is 1.00. The summed E-state index contributed by atoms with van der Waals surface area (Å²) < 4.78 is 27.6. The molecule has 132 valence electrons. The number of sulfonamides is 1. The fourth-order valence-corrected chi connectivity index (χ4v) is 4.42. The third-order valence-corrected chi connectivity index (χ3v) is 6.28. The molecule has 2 unspecified atom stereocenters. The lowest BCUT2D eigenvalue weighted by Gasteiger charge is -2.16. The summed E-state index contributed by atoms with van der Waals surface area (Å²) in [5.74, 6) is -1.19. The van der Waals surface area contributed by atoms with Gasteiger partial charge in [0.25, 0.3) is 0 Å². The van der Waals surface area contributed by atoms with E-state index in [1.807, 2.05) is 18.2 Å². The first-order valence-electron chi connectivity index (χ1n) is 7.88. The van der Waals surface area contributed by atoms with Gasteiger partial charge in [-0.15, -0.1) is 0 Å². The minimum absolute atomic E-state index is 0.149. The monoisotopic (exact) mass is 379 g/mol. The zero-order valence-electron chi connectivity index (χ0n) is 13.6. The Labute approximate surface area is 151 Å². The number of hydrogen-bond donors (Lipinski definition) is 2. The lowest BCUT2D eigenvalue weighted by molar-refractivity contribution is -0.141. The molecule has 0 amide bonds. The van der Waals surface area contributed by atoms with Gasteiger partial charge in [0.05, 0.1) is 10.8 Å². The maximum absolute atomic E-state index is 12.5. The summed E-state index contributed by atoms with van der Waals surface area (Å²) in [6.45, 7) is 1.76. The number of nitrogens with one attached hydrogen (secondary N) is 1. The Kier molecular flexibility index (Phi) is 4.86. The SMILES string of the molecule is CC(NS(=O)(=O)c1ccc(Cl)cc1)c1ccc2c(c1)CC(C(=O)O)C2. The van der Waals surface area contributed by atoms with Crippen molar-refractivity contribution in [2.24, 2.45) is 5.92 Å². The Balaban J connectivity index is 1.78. The van der Waals surface area contributed by atoms with E-state index in [1.54, 1.807) is 6.92 Å². The average molecular weight is 380 g/mol. The van der Waals surface area contributed by atoms with Gasteiger partial charge in [0.1, 0.15) is 0 Å². The second-order valence-corrected chi connectivity index (χ2v) is 8.42. The van der Waals surface area contributed by atoms with Gasteiger partial charge in [-0.2, -0.15) is 0 Å². The highest BCUT2D eigenvalue weighted by molar-refractivity contribution is 7.89. The highest BCUT2D eigenvalue weighted by Crippen LogP contribution is 2.30. The maximum atomic E-state index is 12.5. The molecule has 5 nitrogen and oxygen atoms in total. The molecule has 1 aliphatic carbocycles. The zero-order valence-corrected chi connectivity index (χ0v) is 15.1. The number of benzene rings is 2. The lowest BCUT2D eigenvalue weighted by atomic mass is 10.0. The molecule has 25 heavy (non-hydrogen) atoms. The molecule has 0 bridgehead atoms. The van der Waals surface area contributed by atoms with Crippen LogP contribution in [0.5, 0.6) is 0 Å². The third-order valence-electron chi connectivity index (χ3n) is 4.47. The number of carboxylic acid groups (broad SMARTS) is 1. The van der Waals surface area contributed by atoms with Gasteiger partial charge in [0, 0.05) is 11.1 Å². The number of carbonyl (C=O) groups is 1. The van der Waals surface area contributed by atoms with Crippen LogP contribution in [-0.4, -0.2) is 19.5 Å². The molecule has 2 aromatic rings. The fourth-order valence-electron chi connectivity index (χ4n) is 3.06. The highest BCUT2D eigenvalue weighted by Gasteiger charge is 2.28. The molecule has 0 aliphatic heterocycles. The molecular formula is C18H18ClNO4S. The van der Waals surface area contributed by atoms with Crippen molar-refractivity contribution >= 4 is 27.6 Å². The van der Waals surface area contributed by atoms with E-state index < -0.39 is 28.0 Å². The van der Waals surface area contributed by atoms with E-state index in [2.05, 4.69) is 4.72 Å². The molecule has 0 saturated heterocycles. The molecule has 0 aromatic heterocycles. The van der Waals surface area contributed by atoms with E-state index in [0.717, 1.165) is 16.7 Å². The van der Waals surface area contributed by atoms with Gasteiger partial charge in [-0.3, -0.25) is 4.79 Å². The predicted octanol–water partition coefficient (Wildman–Crippen LogP) is 3.18. The molecule has 3 rings (SSSR count). The van der Waals surface area contributed by atoms with Crippen LogP contribution in [-0.2, 0) is 27.7 Å². The first-order chi connectivity index (χ1) is 11.8. The van der Waals surface area contributed by atoms with Crippen LogP contribution < -0.4 is 4.72 Å². The molecule has 2 atom stereocenters. The maximum Gasteiger partial charge on any atom is 0.307 e. The van der Waals surface area contributed by atoms with Gasteiger partial charge in [-0.05, 0) is 60.7 Å². The smallest absolute Gasteiger partial charge is 0.307 e. The van der Waals surface area contributed by atoms with Crippen molar-refractivity contribution in [1.29, 1.82) is 0 Å². The molecule has 0 fully saturated rings. The molecule has 2 N–H and O–H groups in total. The second kappa shape index (κ2) is 6.78. The van der Waals surface area contributed by atoms with Gasteiger partial charge in [0.2, 0.25) is 10.0 Å². The second-order valence-electron chi connectivity index (χ2n) is 6.27. The molecule has 0 spiro atoms. The van der Waals surface area contributed by atoms with Crippen LogP contribution in [0.2, 0.25) is 5.02 Å². The molecule has 0 radical (unpaired) electrons. The number of rotatable bonds is 5. The van der Waals surface area contributed by atoms with E-state index >= 15 is 0 Å². The van der Waals surface area contributed by atoms with E-state index in [0.29, 0.717) is 17.9 Å². The standard InChI is InChI=1S/C18H18ClNO4S/c1-11(20-25(23,24)17-6-4-16(19)5-7-17)12-2-3-13-9-15(18(21)22)10-14(13)8-12/h2-8,11,15,20H,9-10H2,1H3,(H,21,22). The van der Waals surface area contributed by atoms with Crippen molar-refractivity contribution in [1.82, 2.24) is 4.72 Å². The lowest BCUT2D eigenvalue weighted by Crippen LogP contribution is -2.27. The van der Waals surface area contributed by atoms with Gasteiger partial charge in [-0.1, -0.05) is 29.8 Å². The first-order valence-corrected chi connectivity index (χ1v) is 9.75. The van der Waals surface area contributed by atoms with Gasteiger partial charge in [0.15, 0.2) is 0 Å². The molecule has 7 heteroatoms.